The van der Waals surface area contributed by atoms with Crippen LogP contribution in [-0.2, 0) is 20.7 Å². The monoisotopic (exact) mass is 471 g/mol. The molecule has 1 saturated heterocycles. The number of nitrogens with zero attached hydrogens (tertiary/aromatic N) is 1. The van der Waals surface area contributed by atoms with E-state index in [9.17, 15) is 14.4 Å². The third-order valence-electron chi connectivity index (χ3n) is 5.99. The van der Waals surface area contributed by atoms with Crippen molar-refractivity contribution in [1.82, 2.24) is 4.90 Å². The minimum absolute atomic E-state index is 0.00823. The molecule has 1 aromatic heterocycles. The van der Waals surface area contributed by atoms with E-state index in [-0.39, 0.29) is 31.5 Å². The number of imide groups is 1. The molecule has 1 N–H and O–H groups in total. The van der Waals surface area contributed by atoms with Crippen LogP contribution in [0.4, 0.5) is 4.79 Å². The number of aliphatic hydroxyl groups excluding tert-OH is 1. The molecule has 2 heterocycles. The summed E-state index contributed by atoms with van der Waals surface area (Å²) in [6.45, 7) is 8.08. The zero-order valence-electron chi connectivity index (χ0n) is 20.2. The Kier molecular flexibility index (Phi) is 8.63. The van der Waals surface area contributed by atoms with Crippen molar-refractivity contribution < 1.29 is 33.4 Å². The van der Waals surface area contributed by atoms with Gasteiger partial charge in [-0.05, 0) is 37.8 Å². The number of cyclic esters (lactones) is 1. The number of hydrogen-bond acceptors (Lipinski definition) is 7. The van der Waals surface area contributed by atoms with Gasteiger partial charge in [0.1, 0.15) is 18.3 Å². The van der Waals surface area contributed by atoms with E-state index >= 15 is 0 Å². The standard InChI is InChI=1S/C26H33NO7/c1-16(2)21-15-33-26(31)27(21)25(30)18(4)24(29)23-14-20(19-8-5-7-17(3)13-19)22(34-23)9-6-11-32-12-10-28/h5,7-8,13-14,16,18,21,28H,6,9-12,15H2,1-4H3/t18-,21+/m0/s1. The van der Waals surface area contributed by atoms with Crippen LogP contribution in [0.25, 0.3) is 11.1 Å². The van der Waals surface area contributed by atoms with Crippen LogP contribution >= 0.6 is 0 Å². The highest BCUT2D eigenvalue weighted by Crippen LogP contribution is 2.31. The number of amides is 2. The molecule has 3 rings (SSSR count). The maximum absolute atomic E-state index is 13.3. The van der Waals surface area contributed by atoms with E-state index in [1.165, 1.54) is 6.92 Å². The minimum atomic E-state index is -1.09. The first-order valence-electron chi connectivity index (χ1n) is 11.7. The lowest BCUT2D eigenvalue weighted by Gasteiger charge is -2.24. The Balaban J connectivity index is 1.84. The van der Waals surface area contributed by atoms with E-state index in [4.69, 9.17) is 19.0 Å². The van der Waals surface area contributed by atoms with Crippen molar-refractivity contribution in [3.8, 4) is 11.1 Å². The van der Waals surface area contributed by atoms with E-state index in [1.54, 1.807) is 6.07 Å². The van der Waals surface area contributed by atoms with Crippen molar-refractivity contribution in [2.24, 2.45) is 11.8 Å². The van der Waals surface area contributed by atoms with E-state index in [1.807, 2.05) is 45.0 Å². The number of hydrogen-bond donors (Lipinski definition) is 1. The van der Waals surface area contributed by atoms with E-state index in [0.717, 1.165) is 21.6 Å². The Bertz CT molecular complexity index is 1030. The summed E-state index contributed by atoms with van der Waals surface area (Å²) in [5.41, 5.74) is 2.77. The maximum atomic E-state index is 13.3. The molecule has 1 aliphatic rings. The topological polar surface area (TPSA) is 106 Å². The normalized spacial score (nSPS) is 16.7. The summed E-state index contributed by atoms with van der Waals surface area (Å²) in [4.78, 5) is 39.6. The summed E-state index contributed by atoms with van der Waals surface area (Å²) in [5.74, 6) is -1.44. The summed E-state index contributed by atoms with van der Waals surface area (Å²) < 4.78 is 16.4. The molecule has 8 nitrogen and oxygen atoms in total. The molecule has 0 unspecified atom stereocenters. The van der Waals surface area contributed by atoms with Gasteiger partial charge in [-0.25, -0.2) is 9.69 Å². The summed E-state index contributed by atoms with van der Waals surface area (Å²) >= 11 is 0. The Labute approximate surface area is 199 Å². The van der Waals surface area contributed by atoms with Gasteiger partial charge in [-0.15, -0.1) is 0 Å². The molecule has 8 heteroatoms. The Hall–Kier alpha value is -2.97. The van der Waals surface area contributed by atoms with Crippen LogP contribution in [0.2, 0.25) is 0 Å². The molecule has 184 valence electrons. The van der Waals surface area contributed by atoms with Gasteiger partial charge in [-0.3, -0.25) is 9.59 Å². The molecule has 0 aliphatic carbocycles. The number of ether oxygens (including phenoxy) is 2. The number of benzene rings is 1. The number of carbonyl (C=O) groups excluding carboxylic acids is 3. The van der Waals surface area contributed by atoms with Crippen molar-refractivity contribution in [2.75, 3.05) is 26.4 Å². The maximum Gasteiger partial charge on any atom is 0.417 e. The average Bonchev–Trinajstić information content (AvgIpc) is 3.41. The van der Waals surface area contributed by atoms with Crippen molar-refractivity contribution in [2.45, 2.75) is 46.6 Å². The molecule has 1 aromatic carbocycles. The number of aryl methyl sites for hydroxylation is 2. The number of carbonyl (C=O) groups is 3. The van der Waals surface area contributed by atoms with Gasteiger partial charge in [0.2, 0.25) is 11.7 Å². The van der Waals surface area contributed by atoms with Gasteiger partial charge in [0, 0.05) is 18.6 Å². The largest absolute Gasteiger partial charge is 0.457 e. The van der Waals surface area contributed by atoms with Crippen molar-refractivity contribution in [3.05, 3.63) is 47.4 Å². The van der Waals surface area contributed by atoms with Gasteiger partial charge in [0.15, 0.2) is 5.76 Å². The SMILES string of the molecule is Cc1cccc(-c2cc(C(=O)[C@H](C)C(=O)N3C(=O)OC[C@@H]3C(C)C)oc2CCCOCCO)c1. The summed E-state index contributed by atoms with van der Waals surface area (Å²) in [7, 11) is 0. The first-order chi connectivity index (χ1) is 16.2. The van der Waals surface area contributed by atoms with Crippen LogP contribution in [-0.4, -0.2) is 60.3 Å². The number of Topliss-reactive ketones (excluding diaryl/α,β-unsaturated/α-hetero) is 1. The zero-order chi connectivity index (χ0) is 24.8. The Morgan fingerprint density at radius 3 is 2.65 bits per heavy atom. The van der Waals surface area contributed by atoms with Crippen molar-refractivity contribution in [1.29, 1.82) is 0 Å². The second-order valence-corrected chi connectivity index (χ2v) is 8.94. The predicted octanol–water partition coefficient (Wildman–Crippen LogP) is 4.02. The lowest BCUT2D eigenvalue weighted by atomic mass is 9.98. The molecule has 34 heavy (non-hydrogen) atoms. The average molecular weight is 472 g/mol. The van der Waals surface area contributed by atoms with Crippen molar-refractivity contribution in [3.63, 3.8) is 0 Å². The molecule has 1 aliphatic heterocycles. The predicted molar refractivity (Wildman–Crippen MR) is 125 cm³/mol. The number of aliphatic hydroxyl groups is 1. The second kappa shape index (κ2) is 11.4. The molecule has 0 bridgehead atoms. The van der Waals surface area contributed by atoms with Gasteiger partial charge < -0.3 is 19.0 Å². The second-order valence-electron chi connectivity index (χ2n) is 8.94. The van der Waals surface area contributed by atoms with Gasteiger partial charge in [0.25, 0.3) is 0 Å². The Morgan fingerprint density at radius 1 is 1.21 bits per heavy atom. The zero-order valence-corrected chi connectivity index (χ0v) is 20.2. The first-order valence-corrected chi connectivity index (χ1v) is 11.7. The Morgan fingerprint density at radius 2 is 1.97 bits per heavy atom. The van der Waals surface area contributed by atoms with Crippen LogP contribution in [0.15, 0.2) is 34.7 Å². The van der Waals surface area contributed by atoms with E-state index in [0.29, 0.717) is 25.2 Å². The summed E-state index contributed by atoms with van der Waals surface area (Å²) in [6, 6.07) is 9.15. The third-order valence-corrected chi connectivity index (χ3v) is 5.99. The molecule has 0 saturated carbocycles. The molecule has 2 atom stereocenters. The quantitative estimate of drug-likeness (QED) is 0.300. The molecular formula is C26H33NO7. The molecule has 1 fully saturated rings. The van der Waals surface area contributed by atoms with Crippen LogP contribution in [0.1, 0.15) is 49.1 Å². The smallest absolute Gasteiger partial charge is 0.417 e. The molecular weight excluding hydrogens is 438 g/mol. The highest BCUT2D eigenvalue weighted by molar-refractivity contribution is 6.12. The van der Waals surface area contributed by atoms with Crippen LogP contribution < -0.4 is 0 Å². The van der Waals surface area contributed by atoms with Crippen LogP contribution in [0.5, 0.6) is 0 Å². The number of rotatable bonds is 11. The minimum Gasteiger partial charge on any atom is -0.457 e. The summed E-state index contributed by atoms with van der Waals surface area (Å²) in [6.07, 6.45) is 0.453. The molecule has 0 radical (unpaired) electrons. The first kappa shape index (κ1) is 25.6. The number of ketones is 1. The lowest BCUT2D eigenvalue weighted by molar-refractivity contribution is -0.132. The van der Waals surface area contributed by atoms with Gasteiger partial charge in [-0.2, -0.15) is 0 Å². The van der Waals surface area contributed by atoms with Gasteiger partial charge in [0.05, 0.1) is 19.3 Å². The lowest BCUT2D eigenvalue weighted by Crippen LogP contribution is -2.45. The fourth-order valence-corrected chi connectivity index (χ4v) is 4.01. The fourth-order valence-electron chi connectivity index (χ4n) is 4.01. The van der Waals surface area contributed by atoms with Crippen LogP contribution in [0, 0.1) is 18.8 Å². The number of furan rings is 1. The van der Waals surface area contributed by atoms with Crippen molar-refractivity contribution >= 4 is 17.8 Å². The van der Waals surface area contributed by atoms with E-state index in [2.05, 4.69) is 0 Å². The van der Waals surface area contributed by atoms with E-state index < -0.39 is 29.7 Å². The van der Waals surface area contributed by atoms with Gasteiger partial charge in [-0.1, -0.05) is 43.7 Å². The molecule has 2 amide bonds. The highest BCUT2D eigenvalue weighted by Gasteiger charge is 2.43. The van der Waals surface area contributed by atoms with Gasteiger partial charge >= 0.3 is 6.09 Å². The highest BCUT2D eigenvalue weighted by atomic mass is 16.6. The molecule has 2 aromatic rings. The molecule has 0 spiro atoms. The van der Waals surface area contributed by atoms with Crippen LogP contribution in [0.3, 0.4) is 0 Å². The third kappa shape index (κ3) is 5.74. The fraction of sp³-hybridized carbons (Fsp3) is 0.500. The summed E-state index contributed by atoms with van der Waals surface area (Å²) in [5, 5.41) is 8.86.